The molecule has 0 radical (unpaired) electrons. The molecular formula is C18H17N3O4. The first kappa shape index (κ1) is 17.9. The number of hydrogen-bond acceptors (Lipinski definition) is 4. The Hall–Kier alpha value is -3.45. The van der Waals surface area contributed by atoms with E-state index in [4.69, 9.17) is 5.21 Å². The number of carbonyl (C=O) groups is 3. The van der Waals surface area contributed by atoms with E-state index in [9.17, 15) is 14.4 Å². The van der Waals surface area contributed by atoms with Gasteiger partial charge < -0.3 is 10.6 Å². The predicted octanol–water partition coefficient (Wildman–Crippen LogP) is 2.42. The lowest BCUT2D eigenvalue weighted by molar-refractivity contribution is -0.124. The van der Waals surface area contributed by atoms with Gasteiger partial charge in [-0.3, -0.25) is 19.6 Å². The van der Waals surface area contributed by atoms with Crippen LogP contribution >= 0.6 is 0 Å². The second-order valence-corrected chi connectivity index (χ2v) is 5.11. The fourth-order valence-electron chi connectivity index (χ4n) is 2.09. The Kier molecular flexibility index (Phi) is 6.02. The molecule has 0 aromatic heterocycles. The highest BCUT2D eigenvalue weighted by Gasteiger charge is 2.09. The summed E-state index contributed by atoms with van der Waals surface area (Å²) in [5, 5.41) is 13.9. The molecule has 25 heavy (non-hydrogen) atoms. The summed E-state index contributed by atoms with van der Waals surface area (Å²) in [6, 6.07) is 13.4. The first-order valence-electron chi connectivity index (χ1n) is 7.40. The van der Waals surface area contributed by atoms with Gasteiger partial charge in [0.1, 0.15) is 0 Å². The van der Waals surface area contributed by atoms with E-state index in [2.05, 4.69) is 10.6 Å². The van der Waals surface area contributed by atoms with Crippen molar-refractivity contribution in [2.24, 2.45) is 0 Å². The lowest BCUT2D eigenvalue weighted by Crippen LogP contribution is -2.15. The van der Waals surface area contributed by atoms with E-state index >= 15 is 0 Å². The summed E-state index contributed by atoms with van der Waals surface area (Å²) in [6.07, 6.45) is 2.61. The van der Waals surface area contributed by atoms with Crippen LogP contribution in [0.25, 0.3) is 6.08 Å². The normalized spacial score (nSPS) is 10.3. The highest BCUT2D eigenvalue weighted by molar-refractivity contribution is 6.06. The van der Waals surface area contributed by atoms with E-state index in [1.807, 2.05) is 0 Å². The number of anilines is 2. The van der Waals surface area contributed by atoms with Gasteiger partial charge in [-0.25, -0.2) is 5.48 Å². The number of benzene rings is 2. The van der Waals surface area contributed by atoms with Crippen LogP contribution in [0.4, 0.5) is 11.4 Å². The van der Waals surface area contributed by atoms with Gasteiger partial charge in [0.25, 0.3) is 11.8 Å². The van der Waals surface area contributed by atoms with Crippen molar-refractivity contribution in [3.63, 3.8) is 0 Å². The van der Waals surface area contributed by atoms with E-state index in [1.165, 1.54) is 18.5 Å². The number of amides is 3. The number of nitrogens with one attached hydrogen (secondary N) is 3. The molecule has 0 heterocycles. The molecule has 0 fully saturated rings. The summed E-state index contributed by atoms with van der Waals surface area (Å²) in [6.45, 7) is 1.39. The molecule has 2 aromatic carbocycles. The maximum atomic E-state index is 12.4. The van der Waals surface area contributed by atoms with Gasteiger partial charge in [-0.1, -0.05) is 24.3 Å². The van der Waals surface area contributed by atoms with Crippen LogP contribution in [0, 0.1) is 0 Å². The Morgan fingerprint density at radius 1 is 1.00 bits per heavy atom. The molecule has 7 nitrogen and oxygen atoms in total. The standard InChI is InChI=1S/C18H17N3O4/c1-12(22)19-15-7-4-6-14(11-15)18(24)20-16-8-3-2-5-13(16)9-10-17(23)21-25/h2-11,25H,1H3,(H,19,22)(H,20,24)(H,21,23)/b10-9+. The maximum Gasteiger partial charge on any atom is 0.267 e. The molecule has 4 N–H and O–H groups in total. The van der Waals surface area contributed by atoms with Crippen LogP contribution in [-0.4, -0.2) is 22.9 Å². The zero-order chi connectivity index (χ0) is 18.2. The van der Waals surface area contributed by atoms with Crippen molar-refractivity contribution in [3.8, 4) is 0 Å². The van der Waals surface area contributed by atoms with E-state index in [1.54, 1.807) is 48.5 Å². The van der Waals surface area contributed by atoms with Crippen molar-refractivity contribution in [1.29, 1.82) is 0 Å². The van der Waals surface area contributed by atoms with Gasteiger partial charge in [0.05, 0.1) is 0 Å². The summed E-state index contributed by atoms with van der Waals surface area (Å²) in [5.41, 5.74) is 3.48. The fraction of sp³-hybridized carbons (Fsp3) is 0.0556. The number of para-hydroxylation sites is 1. The fourth-order valence-corrected chi connectivity index (χ4v) is 2.09. The van der Waals surface area contributed by atoms with Crippen molar-refractivity contribution in [3.05, 3.63) is 65.7 Å². The Balaban J connectivity index is 2.20. The predicted molar refractivity (Wildman–Crippen MR) is 94.1 cm³/mol. The zero-order valence-corrected chi connectivity index (χ0v) is 13.4. The minimum atomic E-state index is -0.677. The van der Waals surface area contributed by atoms with Gasteiger partial charge in [0, 0.05) is 29.9 Å². The Morgan fingerprint density at radius 3 is 2.48 bits per heavy atom. The third-order valence-electron chi connectivity index (χ3n) is 3.18. The molecule has 0 aliphatic carbocycles. The third kappa shape index (κ3) is 5.29. The molecule has 2 rings (SSSR count). The van der Waals surface area contributed by atoms with Gasteiger partial charge in [-0.2, -0.15) is 0 Å². The number of hydrogen-bond donors (Lipinski definition) is 4. The molecule has 0 unspecified atom stereocenters. The van der Waals surface area contributed by atoms with E-state index in [0.717, 1.165) is 6.08 Å². The first-order chi connectivity index (χ1) is 12.0. The van der Waals surface area contributed by atoms with Gasteiger partial charge >= 0.3 is 0 Å². The summed E-state index contributed by atoms with van der Waals surface area (Å²) < 4.78 is 0. The van der Waals surface area contributed by atoms with Crippen molar-refractivity contribution >= 4 is 35.2 Å². The van der Waals surface area contributed by atoms with Crippen LogP contribution < -0.4 is 16.1 Å². The first-order valence-corrected chi connectivity index (χ1v) is 7.40. The lowest BCUT2D eigenvalue weighted by atomic mass is 10.1. The summed E-state index contributed by atoms with van der Waals surface area (Å²) in [5.74, 6) is -1.26. The second-order valence-electron chi connectivity index (χ2n) is 5.11. The second kappa shape index (κ2) is 8.42. The molecule has 0 bridgehead atoms. The van der Waals surface area contributed by atoms with Crippen LogP contribution in [-0.2, 0) is 9.59 Å². The number of hydroxylamine groups is 1. The Bertz CT molecular complexity index is 831. The molecule has 0 saturated heterocycles. The molecular weight excluding hydrogens is 322 g/mol. The van der Waals surface area contributed by atoms with Crippen LogP contribution in [0.15, 0.2) is 54.6 Å². The molecule has 3 amide bonds. The minimum absolute atomic E-state index is 0.227. The van der Waals surface area contributed by atoms with Gasteiger partial charge in [0.2, 0.25) is 5.91 Å². The van der Waals surface area contributed by atoms with Crippen LogP contribution in [0.2, 0.25) is 0 Å². The van der Waals surface area contributed by atoms with Crippen molar-refractivity contribution in [1.82, 2.24) is 5.48 Å². The highest BCUT2D eigenvalue weighted by atomic mass is 16.5. The van der Waals surface area contributed by atoms with Crippen molar-refractivity contribution in [2.75, 3.05) is 10.6 Å². The van der Waals surface area contributed by atoms with Crippen molar-refractivity contribution in [2.45, 2.75) is 6.92 Å². The average Bonchev–Trinajstić information content (AvgIpc) is 2.60. The minimum Gasteiger partial charge on any atom is -0.326 e. The summed E-state index contributed by atoms with van der Waals surface area (Å²) in [4.78, 5) is 34.6. The highest BCUT2D eigenvalue weighted by Crippen LogP contribution is 2.19. The van der Waals surface area contributed by atoms with Crippen LogP contribution in [0.5, 0.6) is 0 Å². The largest absolute Gasteiger partial charge is 0.326 e. The van der Waals surface area contributed by atoms with Crippen LogP contribution in [0.1, 0.15) is 22.8 Å². The van der Waals surface area contributed by atoms with Gasteiger partial charge in [-0.05, 0) is 35.9 Å². The number of rotatable bonds is 5. The summed E-state index contributed by atoms with van der Waals surface area (Å²) in [7, 11) is 0. The SMILES string of the molecule is CC(=O)Nc1cccc(C(=O)Nc2ccccc2/C=C/C(=O)NO)c1. The third-order valence-corrected chi connectivity index (χ3v) is 3.18. The lowest BCUT2D eigenvalue weighted by Gasteiger charge is -2.10. The van der Waals surface area contributed by atoms with E-state index in [0.29, 0.717) is 22.5 Å². The molecule has 128 valence electrons. The quantitative estimate of drug-likeness (QED) is 0.381. The smallest absolute Gasteiger partial charge is 0.267 e. The van der Waals surface area contributed by atoms with Crippen LogP contribution in [0.3, 0.4) is 0 Å². The molecule has 0 saturated carbocycles. The average molecular weight is 339 g/mol. The molecule has 2 aromatic rings. The molecule has 7 heteroatoms. The zero-order valence-electron chi connectivity index (χ0n) is 13.4. The Labute approximate surface area is 144 Å². The molecule has 0 atom stereocenters. The molecule has 0 aliphatic heterocycles. The summed E-state index contributed by atoms with van der Waals surface area (Å²) >= 11 is 0. The number of carbonyl (C=O) groups excluding carboxylic acids is 3. The monoisotopic (exact) mass is 339 g/mol. The van der Waals surface area contributed by atoms with Gasteiger partial charge in [0.15, 0.2) is 0 Å². The molecule has 0 spiro atoms. The molecule has 0 aliphatic rings. The maximum absolute atomic E-state index is 12.4. The Morgan fingerprint density at radius 2 is 1.76 bits per heavy atom. The van der Waals surface area contributed by atoms with Gasteiger partial charge in [-0.15, -0.1) is 0 Å². The topological polar surface area (TPSA) is 108 Å². The van der Waals surface area contributed by atoms with E-state index in [-0.39, 0.29) is 11.8 Å². The van der Waals surface area contributed by atoms with E-state index < -0.39 is 5.91 Å². The van der Waals surface area contributed by atoms with Crippen molar-refractivity contribution < 1.29 is 19.6 Å².